The van der Waals surface area contributed by atoms with Crippen molar-refractivity contribution in [3.05, 3.63) is 27.8 Å². The molecule has 1 aliphatic carbocycles. The third-order valence-electron chi connectivity index (χ3n) is 2.67. The first-order valence-corrected chi connectivity index (χ1v) is 5.76. The highest BCUT2D eigenvalue weighted by Crippen LogP contribution is 2.45. The number of hydrogen-bond donors (Lipinski definition) is 1. The highest BCUT2D eigenvalue weighted by molar-refractivity contribution is 14.1. The zero-order chi connectivity index (χ0) is 10.2. The maximum absolute atomic E-state index is 11.7. The van der Waals surface area contributed by atoms with Crippen molar-refractivity contribution in [1.29, 1.82) is 0 Å². The highest BCUT2D eigenvalue weighted by Gasteiger charge is 2.44. The van der Waals surface area contributed by atoms with Gasteiger partial charge in [0, 0.05) is 8.99 Å². The zero-order valence-electron chi connectivity index (χ0n) is 8.01. The van der Waals surface area contributed by atoms with Crippen LogP contribution in [0.1, 0.15) is 19.8 Å². The molecule has 0 unspecified atom stereocenters. The van der Waals surface area contributed by atoms with Gasteiger partial charge < -0.3 is 5.32 Å². The average molecular weight is 301 g/mol. The van der Waals surface area contributed by atoms with Gasteiger partial charge in [0.25, 0.3) is 0 Å². The van der Waals surface area contributed by atoms with Gasteiger partial charge in [-0.25, -0.2) is 0 Å². The van der Waals surface area contributed by atoms with E-state index in [4.69, 9.17) is 0 Å². The van der Waals surface area contributed by atoms with Gasteiger partial charge in [0.1, 0.15) is 0 Å². The van der Waals surface area contributed by atoms with Crippen LogP contribution in [-0.4, -0.2) is 5.91 Å². The van der Waals surface area contributed by atoms with E-state index < -0.39 is 0 Å². The largest absolute Gasteiger partial charge is 0.325 e. The molecule has 14 heavy (non-hydrogen) atoms. The van der Waals surface area contributed by atoms with Crippen molar-refractivity contribution in [1.82, 2.24) is 0 Å². The minimum absolute atomic E-state index is 0.0983. The summed E-state index contributed by atoms with van der Waals surface area (Å²) in [5, 5.41) is 2.97. The molecule has 1 amide bonds. The summed E-state index contributed by atoms with van der Waals surface area (Å²) in [4.78, 5) is 11.7. The van der Waals surface area contributed by atoms with E-state index in [2.05, 4.69) is 27.9 Å². The molecule has 0 spiro atoms. The average Bonchev–Trinajstić information content (AvgIpc) is 2.89. The van der Waals surface area contributed by atoms with Crippen molar-refractivity contribution in [3.8, 4) is 0 Å². The molecule has 0 radical (unpaired) electrons. The maximum Gasteiger partial charge on any atom is 0.230 e. The fraction of sp³-hybridized carbons (Fsp3) is 0.364. The standard InChI is InChI=1S/C11H12INO/c1-11(6-7-11)10(14)13-9-5-3-2-4-8(9)12/h2-5H,6-7H2,1H3,(H,13,14). The van der Waals surface area contributed by atoms with E-state index in [9.17, 15) is 4.79 Å². The van der Waals surface area contributed by atoms with Crippen LogP contribution in [0.15, 0.2) is 24.3 Å². The molecule has 2 nitrogen and oxygen atoms in total. The van der Waals surface area contributed by atoms with Crippen molar-refractivity contribution in [3.63, 3.8) is 0 Å². The lowest BCUT2D eigenvalue weighted by atomic mass is 10.1. The van der Waals surface area contributed by atoms with Crippen LogP contribution in [0.4, 0.5) is 5.69 Å². The van der Waals surface area contributed by atoms with Crippen LogP contribution in [0.25, 0.3) is 0 Å². The van der Waals surface area contributed by atoms with Gasteiger partial charge in [0.05, 0.1) is 5.69 Å². The van der Waals surface area contributed by atoms with Crippen LogP contribution in [-0.2, 0) is 4.79 Å². The SMILES string of the molecule is CC1(C(=O)Nc2ccccc2I)CC1. The number of rotatable bonds is 2. The summed E-state index contributed by atoms with van der Waals surface area (Å²) in [7, 11) is 0. The van der Waals surface area contributed by atoms with Gasteiger partial charge in [-0.1, -0.05) is 19.1 Å². The Morgan fingerprint density at radius 2 is 2.07 bits per heavy atom. The Morgan fingerprint density at radius 1 is 1.43 bits per heavy atom. The summed E-state index contributed by atoms with van der Waals surface area (Å²) < 4.78 is 1.09. The summed E-state index contributed by atoms with van der Waals surface area (Å²) in [6.45, 7) is 2.01. The number of halogens is 1. The molecule has 0 aliphatic heterocycles. The molecule has 0 aromatic heterocycles. The van der Waals surface area contributed by atoms with Crippen molar-refractivity contribution in [2.45, 2.75) is 19.8 Å². The molecular weight excluding hydrogens is 289 g/mol. The van der Waals surface area contributed by atoms with Crippen LogP contribution >= 0.6 is 22.6 Å². The summed E-state index contributed by atoms with van der Waals surface area (Å²) in [5.41, 5.74) is 0.824. The summed E-state index contributed by atoms with van der Waals surface area (Å²) in [6, 6.07) is 7.83. The number of carbonyl (C=O) groups excluding carboxylic acids is 1. The lowest BCUT2D eigenvalue weighted by Gasteiger charge is -2.10. The second-order valence-corrected chi connectivity index (χ2v) is 5.16. The van der Waals surface area contributed by atoms with Gasteiger partial charge >= 0.3 is 0 Å². The van der Waals surface area contributed by atoms with E-state index in [1.807, 2.05) is 31.2 Å². The first-order chi connectivity index (χ1) is 6.62. The van der Waals surface area contributed by atoms with Crippen molar-refractivity contribution in [2.24, 2.45) is 5.41 Å². The third kappa shape index (κ3) is 1.92. The first kappa shape index (κ1) is 9.96. The van der Waals surface area contributed by atoms with Crippen molar-refractivity contribution in [2.75, 3.05) is 5.32 Å². The second kappa shape index (κ2) is 3.53. The fourth-order valence-electron chi connectivity index (χ4n) is 1.25. The third-order valence-corrected chi connectivity index (χ3v) is 3.61. The summed E-state index contributed by atoms with van der Waals surface area (Å²) in [6.07, 6.45) is 2.03. The molecule has 0 bridgehead atoms. The molecule has 2 rings (SSSR count). The fourth-order valence-corrected chi connectivity index (χ4v) is 1.77. The molecule has 1 aromatic rings. The molecule has 0 atom stereocenters. The normalized spacial score (nSPS) is 17.6. The molecule has 1 fully saturated rings. The van der Waals surface area contributed by atoms with E-state index in [1.54, 1.807) is 0 Å². The smallest absolute Gasteiger partial charge is 0.230 e. The van der Waals surface area contributed by atoms with E-state index in [1.165, 1.54) is 0 Å². The monoisotopic (exact) mass is 301 g/mol. The van der Waals surface area contributed by atoms with Crippen LogP contribution in [0.2, 0.25) is 0 Å². The molecule has 1 N–H and O–H groups in total. The summed E-state index contributed by atoms with van der Waals surface area (Å²) >= 11 is 2.23. The lowest BCUT2D eigenvalue weighted by molar-refractivity contribution is -0.120. The van der Waals surface area contributed by atoms with Gasteiger partial charge in [-0.15, -0.1) is 0 Å². The van der Waals surface area contributed by atoms with Crippen molar-refractivity contribution >= 4 is 34.2 Å². The predicted octanol–water partition coefficient (Wildman–Crippen LogP) is 3.03. The molecule has 74 valence electrons. The Balaban J connectivity index is 2.11. The number of anilines is 1. The maximum atomic E-state index is 11.7. The Bertz CT molecular complexity index is 371. The van der Waals surface area contributed by atoms with E-state index in [-0.39, 0.29) is 11.3 Å². The van der Waals surface area contributed by atoms with Gasteiger partial charge in [0.15, 0.2) is 0 Å². The van der Waals surface area contributed by atoms with Crippen LogP contribution in [0.5, 0.6) is 0 Å². The van der Waals surface area contributed by atoms with Crippen molar-refractivity contribution < 1.29 is 4.79 Å². The Morgan fingerprint density at radius 3 is 2.64 bits per heavy atom. The minimum Gasteiger partial charge on any atom is -0.325 e. The number of benzene rings is 1. The first-order valence-electron chi connectivity index (χ1n) is 4.68. The number of nitrogens with one attached hydrogen (secondary N) is 1. The minimum atomic E-state index is -0.0983. The quantitative estimate of drug-likeness (QED) is 0.836. The predicted molar refractivity (Wildman–Crippen MR) is 65.1 cm³/mol. The number of hydrogen-bond acceptors (Lipinski definition) is 1. The highest BCUT2D eigenvalue weighted by atomic mass is 127. The van der Waals surface area contributed by atoms with E-state index in [0.717, 1.165) is 22.1 Å². The summed E-state index contributed by atoms with van der Waals surface area (Å²) in [5.74, 6) is 0.154. The topological polar surface area (TPSA) is 29.1 Å². The lowest BCUT2D eigenvalue weighted by Crippen LogP contribution is -2.21. The molecule has 1 saturated carbocycles. The van der Waals surface area contributed by atoms with Gasteiger partial charge in [0.2, 0.25) is 5.91 Å². The Kier molecular flexibility index (Phi) is 2.51. The molecule has 0 saturated heterocycles. The Labute approximate surface area is 97.2 Å². The molecule has 0 heterocycles. The van der Waals surface area contributed by atoms with Gasteiger partial charge in [-0.2, -0.15) is 0 Å². The molecular formula is C11H12INO. The molecule has 1 aromatic carbocycles. The van der Waals surface area contributed by atoms with Gasteiger partial charge in [-0.3, -0.25) is 4.79 Å². The molecule has 1 aliphatic rings. The van der Waals surface area contributed by atoms with E-state index >= 15 is 0 Å². The zero-order valence-corrected chi connectivity index (χ0v) is 10.2. The Hall–Kier alpha value is -0.580. The number of para-hydroxylation sites is 1. The van der Waals surface area contributed by atoms with E-state index in [0.29, 0.717) is 0 Å². The number of carbonyl (C=O) groups is 1. The van der Waals surface area contributed by atoms with Crippen LogP contribution < -0.4 is 5.32 Å². The van der Waals surface area contributed by atoms with Crippen LogP contribution in [0.3, 0.4) is 0 Å². The second-order valence-electron chi connectivity index (χ2n) is 3.99. The number of amides is 1. The van der Waals surface area contributed by atoms with Gasteiger partial charge in [-0.05, 0) is 47.6 Å². The van der Waals surface area contributed by atoms with Crippen LogP contribution in [0, 0.1) is 8.99 Å². The molecule has 3 heteroatoms.